The fourth-order valence-electron chi connectivity index (χ4n) is 4.34. The summed E-state index contributed by atoms with van der Waals surface area (Å²) in [6.45, 7) is 5.08. The number of carbonyl (C=O) groups is 2. The molecule has 5 heteroatoms. The van der Waals surface area contributed by atoms with Gasteiger partial charge in [0.1, 0.15) is 0 Å². The van der Waals surface area contributed by atoms with E-state index >= 15 is 0 Å². The van der Waals surface area contributed by atoms with Gasteiger partial charge in [-0.3, -0.25) is 14.5 Å². The van der Waals surface area contributed by atoms with Crippen LogP contribution in [0.1, 0.15) is 54.4 Å². The minimum atomic E-state index is -0.409. The summed E-state index contributed by atoms with van der Waals surface area (Å²) < 4.78 is 0. The highest BCUT2D eigenvalue weighted by Crippen LogP contribution is 2.48. The van der Waals surface area contributed by atoms with Crippen molar-refractivity contribution in [3.05, 3.63) is 35.4 Å². The number of primary amides is 1. The van der Waals surface area contributed by atoms with E-state index in [1.807, 2.05) is 12.1 Å². The van der Waals surface area contributed by atoms with Gasteiger partial charge in [-0.05, 0) is 49.8 Å². The van der Waals surface area contributed by atoms with Gasteiger partial charge in [-0.15, -0.1) is 0 Å². The molecule has 1 aromatic carbocycles. The molecule has 0 radical (unpaired) electrons. The standard InChI is InChI=1S/C20H27N3O2/c1-13-12-22(16-3-2-4-16)9-10-23(13)20(25)18-11-17(18)14-5-7-15(8-6-14)19(21)24/h5-8,13,16-18H,2-4,9-12H2,1H3,(H2,21,24)/t13-,17+,18?/m0/s1. The van der Waals surface area contributed by atoms with Crippen LogP contribution in [0.25, 0.3) is 0 Å². The largest absolute Gasteiger partial charge is 0.366 e. The van der Waals surface area contributed by atoms with Gasteiger partial charge >= 0.3 is 0 Å². The molecule has 1 saturated heterocycles. The van der Waals surface area contributed by atoms with E-state index in [-0.39, 0.29) is 5.92 Å². The summed E-state index contributed by atoms with van der Waals surface area (Å²) in [6, 6.07) is 8.47. The van der Waals surface area contributed by atoms with Crippen molar-refractivity contribution in [2.75, 3.05) is 19.6 Å². The third-order valence-corrected chi connectivity index (χ3v) is 6.26. The number of nitrogens with zero attached hydrogens (tertiary/aromatic N) is 2. The van der Waals surface area contributed by atoms with Gasteiger partial charge in [-0.1, -0.05) is 18.6 Å². The highest BCUT2D eigenvalue weighted by atomic mass is 16.2. The molecule has 4 rings (SSSR count). The molecular formula is C20H27N3O2. The zero-order valence-electron chi connectivity index (χ0n) is 14.9. The first-order valence-electron chi connectivity index (χ1n) is 9.49. The van der Waals surface area contributed by atoms with E-state index in [2.05, 4.69) is 16.7 Å². The van der Waals surface area contributed by atoms with Gasteiger partial charge in [0.25, 0.3) is 0 Å². The van der Waals surface area contributed by atoms with E-state index in [4.69, 9.17) is 5.73 Å². The zero-order valence-corrected chi connectivity index (χ0v) is 14.9. The van der Waals surface area contributed by atoms with Gasteiger partial charge in [0.2, 0.25) is 11.8 Å². The van der Waals surface area contributed by atoms with E-state index in [0.29, 0.717) is 23.4 Å². The molecule has 0 bridgehead atoms. The molecule has 2 amide bonds. The Morgan fingerprint density at radius 2 is 1.84 bits per heavy atom. The lowest BCUT2D eigenvalue weighted by atomic mass is 9.90. The Labute approximate surface area is 149 Å². The number of hydrogen-bond donors (Lipinski definition) is 1. The number of hydrogen-bond acceptors (Lipinski definition) is 3. The summed E-state index contributed by atoms with van der Waals surface area (Å²) in [5, 5.41) is 0. The summed E-state index contributed by atoms with van der Waals surface area (Å²) in [4.78, 5) is 28.8. The molecule has 0 spiro atoms. The Balaban J connectivity index is 1.35. The van der Waals surface area contributed by atoms with Crippen LogP contribution in [0.2, 0.25) is 0 Å². The first-order valence-corrected chi connectivity index (χ1v) is 9.49. The van der Waals surface area contributed by atoms with Crippen molar-refractivity contribution < 1.29 is 9.59 Å². The van der Waals surface area contributed by atoms with Crippen molar-refractivity contribution in [3.8, 4) is 0 Å². The number of piperazine rings is 1. The average Bonchev–Trinajstić information content (AvgIpc) is 3.33. The van der Waals surface area contributed by atoms with Crippen LogP contribution in [-0.4, -0.2) is 53.3 Å². The van der Waals surface area contributed by atoms with Gasteiger partial charge in [-0.25, -0.2) is 0 Å². The molecule has 2 N–H and O–H groups in total. The fourth-order valence-corrected chi connectivity index (χ4v) is 4.34. The molecule has 1 unspecified atom stereocenters. The molecular weight excluding hydrogens is 314 g/mol. The van der Waals surface area contributed by atoms with Gasteiger partial charge < -0.3 is 10.6 Å². The van der Waals surface area contributed by atoms with Gasteiger partial charge in [0.05, 0.1) is 0 Å². The number of benzene rings is 1. The lowest BCUT2D eigenvalue weighted by Gasteiger charge is -2.46. The second-order valence-electron chi connectivity index (χ2n) is 7.90. The lowest BCUT2D eigenvalue weighted by molar-refractivity contribution is -0.138. The van der Waals surface area contributed by atoms with Crippen molar-refractivity contribution in [1.29, 1.82) is 0 Å². The van der Waals surface area contributed by atoms with Crippen LogP contribution < -0.4 is 5.73 Å². The topological polar surface area (TPSA) is 66.6 Å². The van der Waals surface area contributed by atoms with Crippen LogP contribution in [0.3, 0.4) is 0 Å². The van der Waals surface area contributed by atoms with Crippen LogP contribution >= 0.6 is 0 Å². The Bertz CT molecular complexity index is 668. The Morgan fingerprint density at radius 3 is 2.40 bits per heavy atom. The maximum atomic E-state index is 12.9. The summed E-state index contributed by atoms with van der Waals surface area (Å²) in [6.07, 6.45) is 4.93. The molecule has 3 fully saturated rings. The Kier molecular flexibility index (Phi) is 4.28. The number of nitrogens with two attached hydrogens (primary N) is 1. The van der Waals surface area contributed by atoms with Crippen molar-refractivity contribution in [2.45, 2.75) is 50.6 Å². The van der Waals surface area contributed by atoms with E-state index < -0.39 is 5.91 Å². The van der Waals surface area contributed by atoms with E-state index in [9.17, 15) is 9.59 Å². The van der Waals surface area contributed by atoms with Gasteiger partial charge in [-0.2, -0.15) is 0 Å². The fraction of sp³-hybridized carbons (Fsp3) is 0.600. The van der Waals surface area contributed by atoms with Gasteiger partial charge in [0.15, 0.2) is 0 Å². The Hall–Kier alpha value is -1.88. The molecule has 2 aliphatic carbocycles. The van der Waals surface area contributed by atoms with E-state index in [0.717, 1.165) is 37.7 Å². The highest BCUT2D eigenvalue weighted by molar-refractivity contribution is 5.92. The number of rotatable bonds is 4. The van der Waals surface area contributed by atoms with E-state index in [1.165, 1.54) is 19.3 Å². The molecule has 3 aliphatic rings. The predicted molar refractivity (Wildman–Crippen MR) is 96.2 cm³/mol. The normalized spacial score (nSPS) is 30.0. The van der Waals surface area contributed by atoms with Crippen molar-refractivity contribution in [3.63, 3.8) is 0 Å². The molecule has 3 atom stereocenters. The molecule has 25 heavy (non-hydrogen) atoms. The number of amides is 2. The second-order valence-corrected chi connectivity index (χ2v) is 7.90. The molecule has 134 valence electrons. The monoisotopic (exact) mass is 341 g/mol. The molecule has 0 aromatic heterocycles. The quantitative estimate of drug-likeness (QED) is 0.910. The van der Waals surface area contributed by atoms with Crippen molar-refractivity contribution >= 4 is 11.8 Å². The molecule has 2 saturated carbocycles. The molecule has 5 nitrogen and oxygen atoms in total. The first kappa shape index (κ1) is 16.6. The predicted octanol–water partition coefficient (Wildman–Crippen LogP) is 1.97. The van der Waals surface area contributed by atoms with Crippen LogP contribution in [0.5, 0.6) is 0 Å². The SMILES string of the molecule is C[C@H]1CN(C2CCC2)CCN1C(=O)C1C[C@@H]1c1ccc(C(N)=O)cc1. The summed E-state index contributed by atoms with van der Waals surface area (Å²) in [5.41, 5.74) is 6.95. The smallest absolute Gasteiger partial charge is 0.248 e. The van der Waals surface area contributed by atoms with E-state index in [1.54, 1.807) is 12.1 Å². The van der Waals surface area contributed by atoms with Gasteiger partial charge in [0, 0.05) is 43.2 Å². The van der Waals surface area contributed by atoms with Crippen LogP contribution in [0, 0.1) is 5.92 Å². The average molecular weight is 341 g/mol. The molecule has 1 heterocycles. The van der Waals surface area contributed by atoms with Crippen LogP contribution in [0.15, 0.2) is 24.3 Å². The lowest BCUT2D eigenvalue weighted by Crippen LogP contribution is -2.58. The summed E-state index contributed by atoms with van der Waals surface area (Å²) in [7, 11) is 0. The number of carbonyl (C=O) groups excluding carboxylic acids is 2. The maximum Gasteiger partial charge on any atom is 0.248 e. The maximum absolute atomic E-state index is 12.9. The second kappa shape index (κ2) is 6.45. The summed E-state index contributed by atoms with van der Waals surface area (Å²) in [5.74, 6) is 0.307. The van der Waals surface area contributed by atoms with Crippen molar-refractivity contribution in [2.24, 2.45) is 11.7 Å². The minimum absolute atomic E-state index is 0.108. The van der Waals surface area contributed by atoms with Crippen molar-refractivity contribution in [1.82, 2.24) is 9.80 Å². The third-order valence-electron chi connectivity index (χ3n) is 6.26. The van der Waals surface area contributed by atoms with Crippen LogP contribution in [0.4, 0.5) is 0 Å². The first-order chi connectivity index (χ1) is 12.0. The molecule has 1 aromatic rings. The molecule has 1 aliphatic heterocycles. The summed E-state index contributed by atoms with van der Waals surface area (Å²) >= 11 is 0. The Morgan fingerprint density at radius 1 is 1.12 bits per heavy atom. The van der Waals surface area contributed by atoms with Crippen LogP contribution in [-0.2, 0) is 4.79 Å². The minimum Gasteiger partial charge on any atom is -0.366 e. The zero-order chi connectivity index (χ0) is 17.6. The highest BCUT2D eigenvalue weighted by Gasteiger charge is 2.47. The third kappa shape index (κ3) is 3.17.